The molecule has 2 heterocycles. The van der Waals surface area contributed by atoms with Crippen molar-refractivity contribution in [3.05, 3.63) is 51.5 Å². The molecule has 0 unspecified atom stereocenters. The normalized spacial score (nSPS) is 10.5. The topological polar surface area (TPSA) is 62.2 Å². The fourth-order valence-electron chi connectivity index (χ4n) is 1.59. The van der Waals surface area contributed by atoms with Crippen LogP contribution in [0, 0.1) is 6.92 Å². The number of carbonyl (C=O) groups is 1. The molecule has 2 rings (SSSR count). The second-order valence-electron chi connectivity index (χ2n) is 3.98. The van der Waals surface area contributed by atoms with E-state index >= 15 is 0 Å². The van der Waals surface area contributed by atoms with Crippen molar-refractivity contribution < 1.29 is 9.90 Å². The molecule has 5 heteroatoms. The summed E-state index contributed by atoms with van der Waals surface area (Å²) >= 11 is 1.30. The Balaban J connectivity index is 1.88. The number of carboxylic acid groups (broad SMARTS) is 1. The van der Waals surface area contributed by atoms with E-state index in [-0.39, 0.29) is 0 Å². The maximum absolute atomic E-state index is 10.7. The molecule has 0 atom stereocenters. The van der Waals surface area contributed by atoms with Crippen molar-refractivity contribution in [2.45, 2.75) is 20.0 Å². The SMILES string of the molecule is Cc1ccncc1CNCc1ccc(C(=O)O)s1. The molecule has 0 amide bonds. The van der Waals surface area contributed by atoms with Crippen LogP contribution in [-0.4, -0.2) is 16.1 Å². The number of thiophene rings is 1. The van der Waals surface area contributed by atoms with Gasteiger partial charge in [0.1, 0.15) is 4.88 Å². The molecule has 0 aliphatic heterocycles. The number of aromatic carboxylic acids is 1. The first-order chi connectivity index (χ1) is 8.66. The van der Waals surface area contributed by atoms with Crippen molar-refractivity contribution in [1.82, 2.24) is 10.3 Å². The lowest BCUT2D eigenvalue weighted by Crippen LogP contribution is -2.12. The zero-order valence-corrected chi connectivity index (χ0v) is 10.8. The molecular formula is C13H14N2O2S. The number of hydrogen-bond acceptors (Lipinski definition) is 4. The monoisotopic (exact) mass is 262 g/mol. The lowest BCUT2D eigenvalue weighted by molar-refractivity contribution is 0.0702. The minimum absolute atomic E-state index is 0.379. The van der Waals surface area contributed by atoms with Gasteiger partial charge in [0.15, 0.2) is 0 Å². The van der Waals surface area contributed by atoms with Crippen molar-refractivity contribution in [2.75, 3.05) is 0 Å². The molecule has 0 fully saturated rings. The number of rotatable bonds is 5. The van der Waals surface area contributed by atoms with E-state index in [9.17, 15) is 4.79 Å². The summed E-state index contributed by atoms with van der Waals surface area (Å²) in [6.07, 6.45) is 3.62. The van der Waals surface area contributed by atoms with Gasteiger partial charge in [-0.25, -0.2) is 4.79 Å². The predicted octanol–water partition coefficient (Wildman–Crippen LogP) is 2.44. The van der Waals surface area contributed by atoms with Crippen LogP contribution in [0.2, 0.25) is 0 Å². The van der Waals surface area contributed by atoms with Gasteiger partial charge in [-0.15, -0.1) is 11.3 Å². The van der Waals surface area contributed by atoms with E-state index in [1.807, 2.05) is 25.3 Å². The van der Waals surface area contributed by atoms with Crippen LogP contribution in [-0.2, 0) is 13.1 Å². The molecule has 4 nitrogen and oxygen atoms in total. The standard InChI is InChI=1S/C13H14N2O2S/c1-9-4-5-14-6-10(9)7-15-8-11-2-3-12(18-11)13(16)17/h2-6,15H,7-8H2,1H3,(H,16,17). The molecule has 0 spiro atoms. The van der Waals surface area contributed by atoms with Crippen LogP contribution in [0.4, 0.5) is 0 Å². The summed E-state index contributed by atoms with van der Waals surface area (Å²) in [7, 11) is 0. The molecule has 2 N–H and O–H groups in total. The summed E-state index contributed by atoms with van der Waals surface area (Å²) in [5, 5.41) is 12.1. The molecule has 0 bridgehead atoms. The van der Waals surface area contributed by atoms with Crippen molar-refractivity contribution in [1.29, 1.82) is 0 Å². The maximum Gasteiger partial charge on any atom is 0.345 e. The number of hydrogen-bond donors (Lipinski definition) is 2. The van der Waals surface area contributed by atoms with E-state index in [0.29, 0.717) is 11.4 Å². The Kier molecular flexibility index (Phi) is 4.07. The van der Waals surface area contributed by atoms with Gasteiger partial charge in [-0.1, -0.05) is 0 Å². The molecule has 94 valence electrons. The van der Waals surface area contributed by atoms with E-state index in [1.165, 1.54) is 16.9 Å². The minimum Gasteiger partial charge on any atom is -0.477 e. The molecule has 0 saturated carbocycles. The van der Waals surface area contributed by atoms with Crippen LogP contribution in [0.1, 0.15) is 25.7 Å². The Morgan fingerprint density at radius 3 is 2.89 bits per heavy atom. The largest absolute Gasteiger partial charge is 0.477 e. The van der Waals surface area contributed by atoms with E-state index in [1.54, 1.807) is 12.3 Å². The van der Waals surface area contributed by atoms with Gasteiger partial charge in [-0.2, -0.15) is 0 Å². The third-order valence-corrected chi connectivity index (χ3v) is 3.71. The first-order valence-corrected chi connectivity index (χ1v) is 6.40. The summed E-state index contributed by atoms with van der Waals surface area (Å²) < 4.78 is 0. The predicted molar refractivity (Wildman–Crippen MR) is 70.8 cm³/mol. The van der Waals surface area contributed by atoms with E-state index in [4.69, 9.17) is 5.11 Å². The Morgan fingerprint density at radius 2 is 2.22 bits per heavy atom. The van der Waals surface area contributed by atoms with Crippen molar-refractivity contribution in [2.24, 2.45) is 0 Å². The summed E-state index contributed by atoms with van der Waals surface area (Å²) in [5.74, 6) is -0.866. The average molecular weight is 262 g/mol. The number of nitrogens with one attached hydrogen (secondary N) is 1. The summed E-state index contributed by atoms with van der Waals surface area (Å²) in [5.41, 5.74) is 2.36. The van der Waals surface area contributed by atoms with Gasteiger partial charge in [-0.3, -0.25) is 4.98 Å². The number of nitrogens with zero attached hydrogens (tertiary/aromatic N) is 1. The molecule has 2 aromatic rings. The highest BCUT2D eigenvalue weighted by Crippen LogP contribution is 2.16. The zero-order valence-electron chi connectivity index (χ0n) is 10.0. The molecule has 0 saturated heterocycles. The average Bonchev–Trinajstić information content (AvgIpc) is 2.80. The Labute approximate surface area is 109 Å². The smallest absolute Gasteiger partial charge is 0.345 e. The Hall–Kier alpha value is -1.72. The first-order valence-electron chi connectivity index (χ1n) is 5.59. The Bertz CT molecular complexity index is 551. The van der Waals surface area contributed by atoms with Crippen LogP contribution in [0.15, 0.2) is 30.6 Å². The van der Waals surface area contributed by atoms with E-state index in [0.717, 1.165) is 17.0 Å². The van der Waals surface area contributed by atoms with Crippen molar-refractivity contribution in [3.8, 4) is 0 Å². The lowest BCUT2D eigenvalue weighted by atomic mass is 10.1. The minimum atomic E-state index is -0.866. The fraction of sp³-hybridized carbons (Fsp3) is 0.231. The third kappa shape index (κ3) is 3.15. The van der Waals surface area contributed by atoms with Crippen LogP contribution in [0.25, 0.3) is 0 Å². The second kappa shape index (κ2) is 5.75. The number of aryl methyl sites for hydroxylation is 1. The highest BCUT2D eigenvalue weighted by Gasteiger charge is 2.06. The van der Waals surface area contributed by atoms with Gasteiger partial charge in [0.05, 0.1) is 0 Å². The summed E-state index contributed by atoms with van der Waals surface area (Å²) in [6.45, 7) is 3.46. The molecular weight excluding hydrogens is 248 g/mol. The summed E-state index contributed by atoms with van der Waals surface area (Å²) in [6, 6.07) is 5.46. The van der Waals surface area contributed by atoms with E-state index < -0.39 is 5.97 Å². The van der Waals surface area contributed by atoms with Gasteiger partial charge in [0, 0.05) is 30.4 Å². The van der Waals surface area contributed by atoms with Crippen LogP contribution in [0.3, 0.4) is 0 Å². The molecule has 0 radical (unpaired) electrons. The molecule has 0 aliphatic rings. The zero-order chi connectivity index (χ0) is 13.0. The third-order valence-electron chi connectivity index (χ3n) is 2.63. The van der Waals surface area contributed by atoms with Gasteiger partial charge < -0.3 is 10.4 Å². The van der Waals surface area contributed by atoms with Crippen LogP contribution >= 0.6 is 11.3 Å². The second-order valence-corrected chi connectivity index (χ2v) is 5.15. The van der Waals surface area contributed by atoms with Crippen LogP contribution in [0.5, 0.6) is 0 Å². The molecule has 18 heavy (non-hydrogen) atoms. The Morgan fingerprint density at radius 1 is 1.39 bits per heavy atom. The molecule has 2 aromatic heterocycles. The lowest BCUT2D eigenvalue weighted by Gasteiger charge is -2.05. The molecule has 0 aliphatic carbocycles. The number of aromatic nitrogens is 1. The highest BCUT2D eigenvalue weighted by atomic mass is 32.1. The first kappa shape index (κ1) is 12.7. The van der Waals surface area contributed by atoms with Gasteiger partial charge in [0.2, 0.25) is 0 Å². The quantitative estimate of drug-likeness (QED) is 0.868. The van der Waals surface area contributed by atoms with Gasteiger partial charge in [-0.05, 0) is 36.2 Å². The number of carboxylic acids is 1. The van der Waals surface area contributed by atoms with Crippen molar-refractivity contribution >= 4 is 17.3 Å². The van der Waals surface area contributed by atoms with Crippen LogP contribution < -0.4 is 5.32 Å². The number of pyridine rings is 1. The van der Waals surface area contributed by atoms with Gasteiger partial charge in [0.25, 0.3) is 0 Å². The van der Waals surface area contributed by atoms with E-state index in [2.05, 4.69) is 10.3 Å². The van der Waals surface area contributed by atoms with Gasteiger partial charge >= 0.3 is 5.97 Å². The fourth-order valence-corrected chi connectivity index (χ4v) is 2.41. The highest BCUT2D eigenvalue weighted by molar-refractivity contribution is 7.13. The molecule has 0 aromatic carbocycles. The van der Waals surface area contributed by atoms with Crippen molar-refractivity contribution in [3.63, 3.8) is 0 Å². The summed E-state index contributed by atoms with van der Waals surface area (Å²) in [4.78, 5) is 16.2. The maximum atomic E-state index is 10.7.